The van der Waals surface area contributed by atoms with Crippen LogP contribution in [0.2, 0.25) is 0 Å². The summed E-state index contributed by atoms with van der Waals surface area (Å²) in [6, 6.07) is 7.51. The Morgan fingerprint density at radius 3 is 2.33 bits per heavy atom. The van der Waals surface area contributed by atoms with Gasteiger partial charge in [-0.25, -0.2) is 0 Å². The van der Waals surface area contributed by atoms with Crippen molar-refractivity contribution in [3.05, 3.63) is 29.8 Å². The summed E-state index contributed by atoms with van der Waals surface area (Å²) in [4.78, 5) is 10.4. The van der Waals surface area contributed by atoms with E-state index in [9.17, 15) is 4.79 Å². The van der Waals surface area contributed by atoms with Gasteiger partial charge in [0.1, 0.15) is 12.0 Å². The highest BCUT2D eigenvalue weighted by molar-refractivity contribution is 5.61. The second-order valence-corrected chi connectivity index (χ2v) is 2.70. The Kier molecular flexibility index (Phi) is 2.86. The standard InChI is InChI=1S/C10H12O2/c1-8(7-11)9-3-5-10(12-2)6-4-9/h3-8H,1-2H3/t8-/m1/s1. The quantitative estimate of drug-likeness (QED) is 0.639. The molecule has 0 aliphatic rings. The monoisotopic (exact) mass is 164 g/mol. The van der Waals surface area contributed by atoms with Crippen molar-refractivity contribution in [1.29, 1.82) is 0 Å². The number of hydrogen-bond acceptors (Lipinski definition) is 2. The highest BCUT2D eigenvalue weighted by Gasteiger charge is 2.02. The molecule has 0 amide bonds. The Balaban J connectivity index is 2.84. The topological polar surface area (TPSA) is 26.3 Å². The molecule has 0 bridgehead atoms. The van der Waals surface area contributed by atoms with E-state index in [1.807, 2.05) is 31.2 Å². The molecule has 2 nitrogen and oxygen atoms in total. The van der Waals surface area contributed by atoms with Crippen molar-refractivity contribution >= 4 is 6.29 Å². The first-order chi connectivity index (χ1) is 5.77. The third kappa shape index (κ3) is 1.84. The fourth-order valence-corrected chi connectivity index (χ4v) is 0.986. The Morgan fingerprint density at radius 2 is 1.92 bits per heavy atom. The van der Waals surface area contributed by atoms with Gasteiger partial charge in [-0.15, -0.1) is 0 Å². The molecule has 0 aliphatic carbocycles. The molecule has 12 heavy (non-hydrogen) atoms. The van der Waals surface area contributed by atoms with Gasteiger partial charge in [0.25, 0.3) is 0 Å². The van der Waals surface area contributed by atoms with Crippen LogP contribution in [-0.2, 0) is 4.79 Å². The van der Waals surface area contributed by atoms with Gasteiger partial charge >= 0.3 is 0 Å². The average Bonchev–Trinajstić information content (AvgIpc) is 2.17. The fourth-order valence-electron chi connectivity index (χ4n) is 0.986. The van der Waals surface area contributed by atoms with Crippen molar-refractivity contribution in [3.63, 3.8) is 0 Å². The van der Waals surface area contributed by atoms with Crippen LogP contribution < -0.4 is 4.74 Å². The van der Waals surface area contributed by atoms with Crippen molar-refractivity contribution in [2.45, 2.75) is 12.8 Å². The van der Waals surface area contributed by atoms with E-state index in [1.54, 1.807) is 7.11 Å². The number of ether oxygens (including phenoxy) is 1. The highest BCUT2D eigenvalue weighted by atomic mass is 16.5. The van der Waals surface area contributed by atoms with Crippen LogP contribution in [0.1, 0.15) is 18.4 Å². The molecule has 0 aliphatic heterocycles. The van der Waals surface area contributed by atoms with Crippen molar-refractivity contribution in [2.75, 3.05) is 7.11 Å². The Labute approximate surface area is 72.2 Å². The second kappa shape index (κ2) is 3.90. The Morgan fingerprint density at radius 1 is 1.33 bits per heavy atom. The summed E-state index contributed by atoms with van der Waals surface area (Å²) in [7, 11) is 1.62. The molecule has 64 valence electrons. The van der Waals surface area contributed by atoms with Gasteiger partial charge in [0.05, 0.1) is 7.11 Å². The fraction of sp³-hybridized carbons (Fsp3) is 0.300. The number of carbonyl (C=O) groups is 1. The summed E-state index contributed by atoms with van der Waals surface area (Å²) >= 11 is 0. The van der Waals surface area contributed by atoms with Crippen molar-refractivity contribution in [1.82, 2.24) is 0 Å². The van der Waals surface area contributed by atoms with Gasteiger partial charge in [-0.1, -0.05) is 19.1 Å². The molecule has 0 radical (unpaired) electrons. The maximum Gasteiger partial charge on any atom is 0.127 e. The molecule has 0 saturated carbocycles. The van der Waals surface area contributed by atoms with E-state index in [4.69, 9.17) is 4.74 Å². The Hall–Kier alpha value is -1.31. The molecule has 1 aromatic carbocycles. The van der Waals surface area contributed by atoms with E-state index in [-0.39, 0.29) is 5.92 Å². The van der Waals surface area contributed by atoms with E-state index in [0.717, 1.165) is 17.6 Å². The maximum absolute atomic E-state index is 10.4. The summed E-state index contributed by atoms with van der Waals surface area (Å²) in [6.07, 6.45) is 0.932. The molecular weight excluding hydrogens is 152 g/mol. The van der Waals surface area contributed by atoms with Gasteiger partial charge in [0, 0.05) is 5.92 Å². The van der Waals surface area contributed by atoms with E-state index < -0.39 is 0 Å². The van der Waals surface area contributed by atoms with Crippen LogP contribution in [0, 0.1) is 0 Å². The molecule has 1 aromatic rings. The zero-order valence-electron chi connectivity index (χ0n) is 7.28. The van der Waals surface area contributed by atoms with Gasteiger partial charge in [0.2, 0.25) is 0 Å². The lowest BCUT2D eigenvalue weighted by atomic mass is 10.0. The molecule has 0 spiro atoms. The molecule has 0 fully saturated rings. The number of benzene rings is 1. The summed E-state index contributed by atoms with van der Waals surface area (Å²) in [6.45, 7) is 1.87. The summed E-state index contributed by atoms with van der Waals surface area (Å²) < 4.78 is 4.99. The van der Waals surface area contributed by atoms with E-state index in [0.29, 0.717) is 0 Å². The van der Waals surface area contributed by atoms with E-state index in [2.05, 4.69) is 0 Å². The van der Waals surface area contributed by atoms with Gasteiger partial charge in [-0.2, -0.15) is 0 Å². The Bertz CT molecular complexity index is 251. The molecule has 0 N–H and O–H groups in total. The number of rotatable bonds is 3. The minimum atomic E-state index is -0.0316. The first kappa shape index (κ1) is 8.78. The summed E-state index contributed by atoms with van der Waals surface area (Å²) in [5, 5.41) is 0. The predicted octanol–water partition coefficient (Wildman–Crippen LogP) is 2.00. The summed E-state index contributed by atoms with van der Waals surface area (Å²) in [5.41, 5.74) is 1.02. The van der Waals surface area contributed by atoms with Gasteiger partial charge in [-0.05, 0) is 17.7 Å². The third-order valence-corrected chi connectivity index (χ3v) is 1.85. The zero-order valence-corrected chi connectivity index (χ0v) is 7.28. The number of carbonyl (C=O) groups excluding carboxylic acids is 1. The molecule has 0 saturated heterocycles. The smallest absolute Gasteiger partial charge is 0.127 e. The van der Waals surface area contributed by atoms with E-state index in [1.165, 1.54) is 0 Å². The van der Waals surface area contributed by atoms with Crippen LogP contribution in [0.3, 0.4) is 0 Å². The predicted molar refractivity (Wildman–Crippen MR) is 47.5 cm³/mol. The minimum absolute atomic E-state index is 0.0316. The van der Waals surface area contributed by atoms with Crippen molar-refractivity contribution in [3.8, 4) is 5.75 Å². The van der Waals surface area contributed by atoms with Crippen LogP contribution >= 0.6 is 0 Å². The first-order valence-corrected chi connectivity index (χ1v) is 3.87. The molecule has 0 aromatic heterocycles. The van der Waals surface area contributed by atoms with Gasteiger partial charge in [-0.3, -0.25) is 0 Å². The zero-order chi connectivity index (χ0) is 8.97. The first-order valence-electron chi connectivity index (χ1n) is 3.87. The van der Waals surface area contributed by atoms with E-state index >= 15 is 0 Å². The van der Waals surface area contributed by atoms with Crippen LogP contribution in [0.15, 0.2) is 24.3 Å². The minimum Gasteiger partial charge on any atom is -0.497 e. The lowest BCUT2D eigenvalue weighted by Crippen LogP contribution is -1.93. The SMILES string of the molecule is COc1ccc([C@H](C)C=O)cc1. The van der Waals surface area contributed by atoms with Crippen LogP contribution in [0.4, 0.5) is 0 Å². The normalized spacial score (nSPS) is 12.2. The lowest BCUT2D eigenvalue weighted by Gasteiger charge is -2.04. The number of hydrogen-bond donors (Lipinski definition) is 0. The van der Waals surface area contributed by atoms with Gasteiger partial charge in [0.15, 0.2) is 0 Å². The van der Waals surface area contributed by atoms with Crippen LogP contribution in [-0.4, -0.2) is 13.4 Å². The molecule has 0 unspecified atom stereocenters. The third-order valence-electron chi connectivity index (χ3n) is 1.85. The second-order valence-electron chi connectivity index (χ2n) is 2.70. The van der Waals surface area contributed by atoms with Gasteiger partial charge < -0.3 is 9.53 Å². The molecule has 0 heterocycles. The van der Waals surface area contributed by atoms with Crippen molar-refractivity contribution in [2.24, 2.45) is 0 Å². The van der Waals surface area contributed by atoms with Crippen LogP contribution in [0.25, 0.3) is 0 Å². The average molecular weight is 164 g/mol. The highest BCUT2D eigenvalue weighted by Crippen LogP contribution is 2.16. The number of methoxy groups -OCH3 is 1. The molecule has 1 atom stereocenters. The van der Waals surface area contributed by atoms with Crippen molar-refractivity contribution < 1.29 is 9.53 Å². The summed E-state index contributed by atoms with van der Waals surface area (Å²) in [5.74, 6) is 0.785. The van der Waals surface area contributed by atoms with Crippen LogP contribution in [0.5, 0.6) is 5.75 Å². The number of aldehydes is 1. The molecular formula is C10H12O2. The lowest BCUT2D eigenvalue weighted by molar-refractivity contribution is -0.108. The maximum atomic E-state index is 10.4. The molecule has 2 heteroatoms. The molecule has 1 rings (SSSR count). The largest absolute Gasteiger partial charge is 0.497 e.